The smallest absolute Gasteiger partial charge is 0.111 e. The van der Waals surface area contributed by atoms with Crippen molar-refractivity contribution >= 4 is 0 Å². The lowest BCUT2D eigenvalue weighted by atomic mass is 10.0. The van der Waals surface area contributed by atoms with Crippen LogP contribution in [0.2, 0.25) is 0 Å². The number of allylic oxidation sites excluding steroid dienone is 1. The molecule has 1 aliphatic heterocycles. The summed E-state index contributed by atoms with van der Waals surface area (Å²) in [5.74, 6) is 0. The van der Waals surface area contributed by atoms with E-state index < -0.39 is 24.4 Å². The number of aliphatic hydroxyl groups excluding tert-OH is 3. The third-order valence-electron chi connectivity index (χ3n) is 4.96. The molecule has 0 spiro atoms. The maximum atomic E-state index is 9.79. The average molecular weight is 373 g/mol. The molecule has 0 radical (unpaired) electrons. The lowest BCUT2D eigenvalue weighted by Gasteiger charge is -2.35. The summed E-state index contributed by atoms with van der Waals surface area (Å²) in [4.78, 5) is 0. The van der Waals surface area contributed by atoms with Crippen molar-refractivity contribution < 1.29 is 24.8 Å². The Morgan fingerprint density at radius 2 is 1.46 bits per heavy atom. The fraction of sp³-hybridized carbons (Fsp3) is 0.905. The van der Waals surface area contributed by atoms with Gasteiger partial charge in [-0.2, -0.15) is 0 Å². The topological polar surface area (TPSA) is 79.2 Å². The van der Waals surface area contributed by atoms with Crippen molar-refractivity contribution in [2.24, 2.45) is 0 Å². The molecule has 0 aliphatic carbocycles. The van der Waals surface area contributed by atoms with Crippen LogP contribution in [0.4, 0.5) is 0 Å². The van der Waals surface area contributed by atoms with E-state index in [1.165, 1.54) is 57.8 Å². The molecule has 154 valence electrons. The average Bonchev–Trinajstić information content (AvgIpc) is 2.64. The minimum atomic E-state index is -1.16. The van der Waals surface area contributed by atoms with Crippen LogP contribution in [-0.2, 0) is 9.47 Å². The van der Waals surface area contributed by atoms with Gasteiger partial charge in [0.2, 0.25) is 0 Å². The Morgan fingerprint density at radius 1 is 0.846 bits per heavy atom. The number of rotatable bonds is 15. The highest BCUT2D eigenvalue weighted by Gasteiger charge is 2.37. The van der Waals surface area contributed by atoms with E-state index >= 15 is 0 Å². The number of ether oxygens (including phenoxy) is 2. The monoisotopic (exact) mass is 372 g/mol. The van der Waals surface area contributed by atoms with Crippen LogP contribution >= 0.6 is 0 Å². The molecular formula is C21H40O5. The fourth-order valence-corrected chi connectivity index (χ4v) is 3.17. The lowest BCUT2D eigenvalue weighted by molar-refractivity contribution is -0.199. The molecule has 5 heteroatoms. The van der Waals surface area contributed by atoms with Crippen molar-refractivity contribution in [2.75, 3.05) is 19.8 Å². The summed E-state index contributed by atoms with van der Waals surface area (Å²) in [6.45, 7) is 3.09. The van der Waals surface area contributed by atoms with Gasteiger partial charge in [-0.05, 0) is 19.3 Å². The van der Waals surface area contributed by atoms with Gasteiger partial charge in [0, 0.05) is 0 Å². The van der Waals surface area contributed by atoms with Gasteiger partial charge in [-0.3, -0.25) is 0 Å². The van der Waals surface area contributed by atoms with Crippen LogP contribution in [0, 0.1) is 0 Å². The van der Waals surface area contributed by atoms with E-state index in [0.29, 0.717) is 6.61 Å². The van der Waals surface area contributed by atoms with Crippen molar-refractivity contribution in [3.63, 3.8) is 0 Å². The van der Waals surface area contributed by atoms with Gasteiger partial charge in [0.15, 0.2) is 0 Å². The quantitative estimate of drug-likeness (QED) is 0.303. The van der Waals surface area contributed by atoms with E-state index in [0.717, 1.165) is 12.8 Å². The number of unbranched alkanes of at least 4 members (excludes halogenated alkanes) is 9. The Morgan fingerprint density at radius 3 is 2.15 bits per heavy atom. The van der Waals surface area contributed by atoms with Gasteiger partial charge >= 0.3 is 0 Å². The molecule has 4 atom stereocenters. The Balaban J connectivity index is 1.86. The summed E-state index contributed by atoms with van der Waals surface area (Å²) in [5, 5.41) is 28.8. The molecule has 1 aliphatic rings. The minimum Gasteiger partial charge on any atom is -0.388 e. The first-order valence-corrected chi connectivity index (χ1v) is 10.5. The third-order valence-corrected chi connectivity index (χ3v) is 4.96. The second-order valence-corrected chi connectivity index (χ2v) is 7.37. The first kappa shape index (κ1) is 23.6. The normalized spacial score (nSPS) is 26.6. The molecule has 0 saturated carbocycles. The van der Waals surface area contributed by atoms with Gasteiger partial charge in [0.05, 0.1) is 19.8 Å². The van der Waals surface area contributed by atoms with E-state index in [9.17, 15) is 15.3 Å². The van der Waals surface area contributed by atoms with Crippen molar-refractivity contribution in [1.29, 1.82) is 0 Å². The summed E-state index contributed by atoms with van der Waals surface area (Å²) in [6, 6.07) is 0. The van der Waals surface area contributed by atoms with Crippen LogP contribution in [0.1, 0.15) is 77.6 Å². The van der Waals surface area contributed by atoms with Gasteiger partial charge in [-0.1, -0.05) is 70.4 Å². The maximum absolute atomic E-state index is 9.79. The highest BCUT2D eigenvalue weighted by atomic mass is 16.6. The van der Waals surface area contributed by atoms with Crippen molar-refractivity contribution in [2.45, 2.75) is 102 Å². The van der Waals surface area contributed by atoms with Gasteiger partial charge in [-0.25, -0.2) is 0 Å². The van der Waals surface area contributed by atoms with Crippen LogP contribution in [0.25, 0.3) is 0 Å². The van der Waals surface area contributed by atoms with Gasteiger partial charge in [-0.15, -0.1) is 0 Å². The molecule has 0 bridgehead atoms. The molecule has 1 fully saturated rings. The minimum absolute atomic E-state index is 0.0326. The predicted octanol–water partition coefficient (Wildman–Crippen LogP) is 3.35. The van der Waals surface area contributed by atoms with Crippen LogP contribution in [0.15, 0.2) is 12.2 Å². The van der Waals surface area contributed by atoms with Crippen molar-refractivity contribution in [3.8, 4) is 0 Å². The van der Waals surface area contributed by atoms with Crippen LogP contribution in [-0.4, -0.2) is 59.6 Å². The van der Waals surface area contributed by atoms with Crippen molar-refractivity contribution in [1.82, 2.24) is 0 Å². The van der Waals surface area contributed by atoms with Crippen LogP contribution < -0.4 is 0 Å². The second kappa shape index (κ2) is 15.6. The predicted molar refractivity (Wildman–Crippen MR) is 104 cm³/mol. The number of hydrogen-bond acceptors (Lipinski definition) is 5. The fourth-order valence-electron chi connectivity index (χ4n) is 3.17. The number of hydrogen-bond donors (Lipinski definition) is 3. The van der Waals surface area contributed by atoms with Crippen LogP contribution in [0.3, 0.4) is 0 Å². The van der Waals surface area contributed by atoms with Gasteiger partial charge in [0.1, 0.15) is 24.4 Å². The van der Waals surface area contributed by atoms with Crippen LogP contribution in [0.5, 0.6) is 0 Å². The Hall–Kier alpha value is -0.460. The van der Waals surface area contributed by atoms with Gasteiger partial charge < -0.3 is 24.8 Å². The van der Waals surface area contributed by atoms with Gasteiger partial charge in [0.25, 0.3) is 0 Å². The molecule has 0 aromatic rings. The molecule has 0 aromatic heterocycles. The number of aliphatic hydroxyl groups is 3. The van der Waals surface area contributed by atoms with E-state index in [1.54, 1.807) is 0 Å². The van der Waals surface area contributed by atoms with E-state index in [2.05, 4.69) is 19.1 Å². The molecule has 0 amide bonds. The second-order valence-electron chi connectivity index (χ2n) is 7.37. The standard InChI is InChI=1S/C21H40O5/c1-2-3-4-5-6-7-8-9-10-11-12-13-14-15-25-17-19-21(24)20(23)18(22)16-26-19/h12-13,18-24H,2-11,14-17H2,1H3/b13-12+/t18-,19+,20+,21+/m1/s1. The Kier molecular flexibility index (Phi) is 14.1. The molecule has 5 nitrogen and oxygen atoms in total. The summed E-state index contributed by atoms with van der Waals surface area (Å²) in [5.41, 5.74) is 0. The highest BCUT2D eigenvalue weighted by Crippen LogP contribution is 2.16. The molecule has 26 heavy (non-hydrogen) atoms. The Labute approximate surface area is 159 Å². The molecule has 1 saturated heterocycles. The lowest BCUT2D eigenvalue weighted by Crippen LogP contribution is -2.54. The maximum Gasteiger partial charge on any atom is 0.111 e. The zero-order valence-corrected chi connectivity index (χ0v) is 16.5. The molecule has 1 rings (SSSR count). The summed E-state index contributed by atoms with van der Waals surface area (Å²) < 4.78 is 10.8. The van der Waals surface area contributed by atoms with E-state index in [4.69, 9.17) is 9.47 Å². The molecule has 0 aromatic carbocycles. The zero-order valence-electron chi connectivity index (χ0n) is 16.5. The molecular weight excluding hydrogens is 332 g/mol. The molecule has 1 heterocycles. The summed E-state index contributed by atoms with van der Waals surface area (Å²) >= 11 is 0. The SMILES string of the molecule is CCCCCCCCCCC/C=C/CCOC[C@@H]1OC[C@@H](O)[C@H](O)[C@H]1O. The zero-order chi connectivity index (χ0) is 19.0. The summed E-state index contributed by atoms with van der Waals surface area (Å²) in [7, 11) is 0. The van der Waals surface area contributed by atoms with E-state index in [-0.39, 0.29) is 13.2 Å². The summed E-state index contributed by atoms with van der Waals surface area (Å²) in [6.07, 6.45) is 14.7. The molecule has 0 unspecified atom stereocenters. The molecule has 3 N–H and O–H groups in total. The highest BCUT2D eigenvalue weighted by molar-refractivity contribution is 4.86. The van der Waals surface area contributed by atoms with E-state index in [1.807, 2.05) is 0 Å². The van der Waals surface area contributed by atoms with Crippen molar-refractivity contribution in [3.05, 3.63) is 12.2 Å². The third kappa shape index (κ3) is 10.6. The first-order valence-electron chi connectivity index (χ1n) is 10.5. The largest absolute Gasteiger partial charge is 0.388 e. The Bertz CT molecular complexity index is 347. The first-order chi connectivity index (χ1) is 12.7.